The van der Waals surface area contributed by atoms with E-state index in [0.717, 1.165) is 30.7 Å². The molecule has 0 saturated carbocycles. The van der Waals surface area contributed by atoms with Crippen LogP contribution in [0.2, 0.25) is 0 Å². The van der Waals surface area contributed by atoms with Gasteiger partial charge in [-0.3, -0.25) is 4.79 Å². The van der Waals surface area contributed by atoms with Gasteiger partial charge in [-0.1, -0.05) is 18.2 Å². The van der Waals surface area contributed by atoms with Gasteiger partial charge < -0.3 is 15.0 Å². The van der Waals surface area contributed by atoms with Gasteiger partial charge in [0, 0.05) is 28.2 Å². The zero-order valence-electron chi connectivity index (χ0n) is 13.6. The molecule has 4 rings (SSSR count). The van der Waals surface area contributed by atoms with Crippen LogP contribution < -0.4 is 10.1 Å². The highest BCUT2D eigenvalue weighted by molar-refractivity contribution is 5.94. The van der Waals surface area contributed by atoms with E-state index in [1.54, 1.807) is 7.11 Å². The summed E-state index contributed by atoms with van der Waals surface area (Å²) in [5.74, 6) is 0.893. The normalized spacial score (nSPS) is 16.6. The summed E-state index contributed by atoms with van der Waals surface area (Å²) in [6, 6.07) is 15.8. The molecule has 122 valence electrons. The SMILES string of the molecule is COc1ccc(NC(=O)C2CCc3[nH]c4ccccc4c3C2)cc1. The number of rotatable bonds is 3. The predicted octanol–water partition coefficient (Wildman–Crippen LogP) is 3.92. The highest BCUT2D eigenvalue weighted by Gasteiger charge is 2.27. The summed E-state index contributed by atoms with van der Waals surface area (Å²) in [4.78, 5) is 16.1. The van der Waals surface area contributed by atoms with Crippen LogP contribution in [-0.2, 0) is 17.6 Å². The molecule has 1 amide bonds. The second-order valence-electron chi connectivity index (χ2n) is 6.29. The number of aryl methyl sites for hydroxylation is 1. The largest absolute Gasteiger partial charge is 0.497 e. The lowest BCUT2D eigenvalue weighted by Crippen LogP contribution is -2.28. The number of H-pyrrole nitrogens is 1. The molecule has 4 heteroatoms. The number of aromatic nitrogens is 1. The second kappa shape index (κ2) is 6.04. The van der Waals surface area contributed by atoms with Crippen molar-refractivity contribution in [2.24, 2.45) is 5.92 Å². The third-order valence-electron chi connectivity index (χ3n) is 4.82. The minimum Gasteiger partial charge on any atom is -0.497 e. The van der Waals surface area contributed by atoms with Crippen LogP contribution in [0.1, 0.15) is 17.7 Å². The van der Waals surface area contributed by atoms with E-state index < -0.39 is 0 Å². The molecule has 0 saturated heterocycles. The minimum atomic E-state index is 0.0128. The summed E-state index contributed by atoms with van der Waals surface area (Å²) in [5, 5.41) is 4.27. The summed E-state index contributed by atoms with van der Waals surface area (Å²) in [5.41, 5.74) is 4.56. The fourth-order valence-electron chi connectivity index (χ4n) is 3.51. The van der Waals surface area contributed by atoms with E-state index in [-0.39, 0.29) is 11.8 Å². The second-order valence-corrected chi connectivity index (χ2v) is 6.29. The number of nitrogens with one attached hydrogen (secondary N) is 2. The van der Waals surface area contributed by atoms with Crippen LogP contribution in [-0.4, -0.2) is 18.0 Å². The van der Waals surface area contributed by atoms with E-state index in [0.29, 0.717) is 0 Å². The molecule has 1 aliphatic rings. The number of benzene rings is 2. The molecule has 2 aromatic carbocycles. The number of para-hydroxylation sites is 1. The summed E-state index contributed by atoms with van der Waals surface area (Å²) in [6.07, 6.45) is 2.59. The first-order chi connectivity index (χ1) is 11.7. The Hall–Kier alpha value is -2.75. The van der Waals surface area contributed by atoms with Crippen molar-refractivity contribution in [3.05, 3.63) is 59.8 Å². The first-order valence-electron chi connectivity index (χ1n) is 8.28. The minimum absolute atomic E-state index is 0.0128. The number of ether oxygens (including phenoxy) is 1. The Morgan fingerprint density at radius 2 is 1.96 bits per heavy atom. The molecule has 0 spiro atoms. The monoisotopic (exact) mass is 320 g/mol. The van der Waals surface area contributed by atoms with Gasteiger partial charge >= 0.3 is 0 Å². The quantitative estimate of drug-likeness (QED) is 0.768. The lowest BCUT2D eigenvalue weighted by Gasteiger charge is -2.22. The lowest BCUT2D eigenvalue weighted by atomic mass is 9.86. The molecule has 2 N–H and O–H groups in total. The molecule has 1 aliphatic carbocycles. The Kier molecular flexibility index (Phi) is 3.73. The van der Waals surface area contributed by atoms with Crippen molar-refractivity contribution in [1.29, 1.82) is 0 Å². The van der Waals surface area contributed by atoms with Gasteiger partial charge in [-0.05, 0) is 55.2 Å². The molecule has 0 radical (unpaired) electrons. The van der Waals surface area contributed by atoms with Crippen molar-refractivity contribution in [1.82, 2.24) is 4.98 Å². The highest BCUT2D eigenvalue weighted by atomic mass is 16.5. The van der Waals surface area contributed by atoms with Crippen molar-refractivity contribution in [2.75, 3.05) is 12.4 Å². The standard InChI is InChI=1S/C20H20N2O2/c1-24-15-9-7-14(8-10-15)21-20(23)13-6-11-19-17(12-13)16-4-2-3-5-18(16)22-19/h2-5,7-10,13,22H,6,11-12H2,1H3,(H,21,23). The number of amides is 1. The molecular formula is C20H20N2O2. The van der Waals surface area contributed by atoms with Crippen LogP contribution in [0.3, 0.4) is 0 Å². The average Bonchev–Trinajstić information content (AvgIpc) is 3.00. The van der Waals surface area contributed by atoms with Crippen molar-refractivity contribution in [3.63, 3.8) is 0 Å². The molecule has 1 heterocycles. The van der Waals surface area contributed by atoms with E-state index in [4.69, 9.17) is 4.74 Å². The molecule has 0 aliphatic heterocycles. The molecule has 1 aromatic heterocycles. The number of hydrogen-bond donors (Lipinski definition) is 2. The Bertz CT molecular complexity index is 880. The van der Waals surface area contributed by atoms with Crippen molar-refractivity contribution >= 4 is 22.5 Å². The van der Waals surface area contributed by atoms with E-state index in [1.165, 1.54) is 22.2 Å². The fraction of sp³-hybridized carbons (Fsp3) is 0.250. The molecule has 0 fully saturated rings. The van der Waals surface area contributed by atoms with Gasteiger partial charge in [-0.25, -0.2) is 0 Å². The lowest BCUT2D eigenvalue weighted by molar-refractivity contribution is -0.120. The Labute approximate surface area is 140 Å². The number of aromatic amines is 1. The van der Waals surface area contributed by atoms with Crippen molar-refractivity contribution in [3.8, 4) is 5.75 Å². The van der Waals surface area contributed by atoms with E-state index in [2.05, 4.69) is 28.5 Å². The molecule has 3 aromatic rings. The van der Waals surface area contributed by atoms with Gasteiger partial charge in [0.05, 0.1) is 7.11 Å². The van der Waals surface area contributed by atoms with Gasteiger partial charge in [0.15, 0.2) is 0 Å². The van der Waals surface area contributed by atoms with E-state index in [1.807, 2.05) is 30.3 Å². The molecule has 1 atom stereocenters. The van der Waals surface area contributed by atoms with Crippen LogP contribution in [0, 0.1) is 5.92 Å². The van der Waals surface area contributed by atoms with Crippen molar-refractivity contribution < 1.29 is 9.53 Å². The summed E-state index contributed by atoms with van der Waals surface area (Å²) < 4.78 is 5.15. The number of hydrogen-bond acceptors (Lipinski definition) is 2. The van der Waals surface area contributed by atoms with Crippen LogP contribution in [0.5, 0.6) is 5.75 Å². The molecule has 4 nitrogen and oxygen atoms in total. The first kappa shape index (κ1) is 14.8. The average molecular weight is 320 g/mol. The van der Waals surface area contributed by atoms with E-state index in [9.17, 15) is 4.79 Å². The van der Waals surface area contributed by atoms with Gasteiger partial charge in [0.25, 0.3) is 0 Å². The zero-order valence-corrected chi connectivity index (χ0v) is 13.6. The maximum absolute atomic E-state index is 12.6. The number of methoxy groups -OCH3 is 1. The third kappa shape index (κ3) is 2.64. The van der Waals surface area contributed by atoms with Crippen LogP contribution in [0.4, 0.5) is 5.69 Å². The van der Waals surface area contributed by atoms with Crippen LogP contribution in [0.25, 0.3) is 10.9 Å². The van der Waals surface area contributed by atoms with Crippen molar-refractivity contribution in [2.45, 2.75) is 19.3 Å². The Morgan fingerprint density at radius 3 is 2.75 bits per heavy atom. The van der Waals surface area contributed by atoms with Gasteiger partial charge in [-0.2, -0.15) is 0 Å². The van der Waals surface area contributed by atoms with Gasteiger partial charge in [0.2, 0.25) is 5.91 Å². The smallest absolute Gasteiger partial charge is 0.227 e. The number of anilines is 1. The van der Waals surface area contributed by atoms with Gasteiger partial charge in [0.1, 0.15) is 5.75 Å². The molecule has 0 bridgehead atoms. The summed E-state index contributed by atoms with van der Waals surface area (Å²) >= 11 is 0. The molecule has 1 unspecified atom stereocenters. The third-order valence-corrected chi connectivity index (χ3v) is 4.82. The van der Waals surface area contributed by atoms with E-state index >= 15 is 0 Å². The maximum atomic E-state index is 12.6. The zero-order chi connectivity index (χ0) is 16.5. The van der Waals surface area contributed by atoms with Crippen LogP contribution in [0.15, 0.2) is 48.5 Å². The molecule has 24 heavy (non-hydrogen) atoms. The van der Waals surface area contributed by atoms with Crippen LogP contribution >= 0.6 is 0 Å². The summed E-state index contributed by atoms with van der Waals surface area (Å²) in [6.45, 7) is 0. The number of carbonyl (C=O) groups excluding carboxylic acids is 1. The molecular weight excluding hydrogens is 300 g/mol. The first-order valence-corrected chi connectivity index (χ1v) is 8.28. The maximum Gasteiger partial charge on any atom is 0.227 e. The predicted molar refractivity (Wildman–Crippen MR) is 95.4 cm³/mol. The Balaban J connectivity index is 1.52. The topological polar surface area (TPSA) is 54.1 Å². The summed E-state index contributed by atoms with van der Waals surface area (Å²) in [7, 11) is 1.63. The number of fused-ring (bicyclic) bond motifs is 3. The highest BCUT2D eigenvalue weighted by Crippen LogP contribution is 2.32. The van der Waals surface area contributed by atoms with Gasteiger partial charge in [-0.15, -0.1) is 0 Å². The Morgan fingerprint density at radius 1 is 1.17 bits per heavy atom. The fourth-order valence-corrected chi connectivity index (χ4v) is 3.51. The number of carbonyl (C=O) groups is 1.